The monoisotopic (exact) mass is 293 g/mol. The smallest absolute Gasteiger partial charge is 0.269 e. The molecule has 3 N–H and O–H groups in total. The van der Waals surface area contributed by atoms with Gasteiger partial charge in [0.25, 0.3) is 10.0 Å². The highest BCUT2D eigenvalue weighted by Crippen LogP contribution is 2.16. The molecule has 7 nitrogen and oxygen atoms in total. The van der Waals surface area contributed by atoms with Crippen LogP contribution in [-0.2, 0) is 10.0 Å². The second-order valence-electron chi connectivity index (χ2n) is 4.23. The number of nitrogens with two attached hydrogens (primary N) is 1. The van der Waals surface area contributed by atoms with Crippen molar-refractivity contribution in [2.24, 2.45) is 0 Å². The Morgan fingerprint density at radius 3 is 2.61 bits per heavy atom. The lowest BCUT2D eigenvalue weighted by Crippen LogP contribution is -2.31. The second kappa shape index (κ2) is 6.41. The zero-order valence-electron chi connectivity index (χ0n) is 10.8. The maximum atomic E-state index is 11.8. The van der Waals surface area contributed by atoms with E-state index in [4.69, 9.17) is 5.73 Å². The molecule has 0 amide bonds. The van der Waals surface area contributed by atoms with Crippen molar-refractivity contribution in [3.8, 4) is 0 Å². The molecule has 0 spiro atoms. The highest BCUT2D eigenvalue weighted by molar-refractivity contribution is 7.91. The Labute approximate surface area is 111 Å². The van der Waals surface area contributed by atoms with E-state index in [1.807, 2.05) is 7.05 Å². The molecule has 0 saturated heterocycles. The van der Waals surface area contributed by atoms with Crippen LogP contribution in [0.5, 0.6) is 0 Å². The SMILES string of the molecule is CC(C)N(C)CCCNS(=O)(=O)c1nnc(N)s1. The first kappa shape index (κ1) is 15.3. The lowest BCUT2D eigenvalue weighted by molar-refractivity contribution is 0.271. The molecule has 0 aromatic carbocycles. The fraction of sp³-hybridized carbons (Fsp3) is 0.778. The fourth-order valence-electron chi connectivity index (χ4n) is 1.18. The Balaban J connectivity index is 2.39. The van der Waals surface area contributed by atoms with Gasteiger partial charge in [0.05, 0.1) is 0 Å². The number of aromatic nitrogens is 2. The van der Waals surface area contributed by atoms with Gasteiger partial charge in [0.15, 0.2) is 0 Å². The van der Waals surface area contributed by atoms with Crippen molar-refractivity contribution in [2.75, 3.05) is 25.9 Å². The van der Waals surface area contributed by atoms with E-state index in [0.717, 1.165) is 24.3 Å². The third-order valence-corrected chi connectivity index (χ3v) is 5.09. The molecule has 1 aromatic rings. The minimum atomic E-state index is -3.56. The number of nitrogens with one attached hydrogen (secondary N) is 1. The van der Waals surface area contributed by atoms with Gasteiger partial charge in [0.1, 0.15) is 0 Å². The Hall–Kier alpha value is -0.770. The molecule has 0 aliphatic rings. The van der Waals surface area contributed by atoms with Gasteiger partial charge in [0, 0.05) is 12.6 Å². The van der Waals surface area contributed by atoms with Crippen LogP contribution in [0.15, 0.2) is 4.34 Å². The average molecular weight is 293 g/mol. The van der Waals surface area contributed by atoms with Gasteiger partial charge in [-0.2, -0.15) is 0 Å². The van der Waals surface area contributed by atoms with E-state index in [-0.39, 0.29) is 9.47 Å². The summed E-state index contributed by atoms with van der Waals surface area (Å²) >= 11 is 0.859. The van der Waals surface area contributed by atoms with Crippen molar-refractivity contribution in [1.82, 2.24) is 19.8 Å². The van der Waals surface area contributed by atoms with Crippen molar-refractivity contribution in [3.05, 3.63) is 0 Å². The van der Waals surface area contributed by atoms with Crippen molar-refractivity contribution in [1.29, 1.82) is 0 Å². The highest BCUT2D eigenvalue weighted by Gasteiger charge is 2.18. The topological polar surface area (TPSA) is 101 Å². The molecule has 0 fully saturated rings. The van der Waals surface area contributed by atoms with E-state index >= 15 is 0 Å². The van der Waals surface area contributed by atoms with E-state index in [0.29, 0.717) is 12.6 Å². The zero-order valence-corrected chi connectivity index (χ0v) is 12.4. The van der Waals surface area contributed by atoms with Gasteiger partial charge in [-0.1, -0.05) is 11.3 Å². The molecule has 1 heterocycles. The van der Waals surface area contributed by atoms with Crippen LogP contribution in [0.1, 0.15) is 20.3 Å². The molecular weight excluding hydrogens is 274 g/mol. The summed E-state index contributed by atoms with van der Waals surface area (Å²) < 4.78 is 25.9. The van der Waals surface area contributed by atoms with E-state index in [1.165, 1.54) is 0 Å². The Morgan fingerprint density at radius 1 is 1.44 bits per heavy atom. The van der Waals surface area contributed by atoms with Crippen molar-refractivity contribution >= 4 is 26.5 Å². The highest BCUT2D eigenvalue weighted by atomic mass is 32.2. The predicted octanol–water partition coefficient (Wildman–Crippen LogP) is 0.129. The van der Waals surface area contributed by atoms with Crippen LogP contribution in [0.4, 0.5) is 5.13 Å². The van der Waals surface area contributed by atoms with E-state index in [1.54, 1.807) is 0 Å². The molecule has 104 valence electrons. The van der Waals surface area contributed by atoms with Gasteiger partial charge in [-0.25, -0.2) is 13.1 Å². The number of sulfonamides is 1. The van der Waals surface area contributed by atoms with Gasteiger partial charge >= 0.3 is 0 Å². The molecule has 1 aromatic heterocycles. The minimum absolute atomic E-state index is 0.0859. The largest absolute Gasteiger partial charge is 0.374 e. The Morgan fingerprint density at radius 2 is 2.11 bits per heavy atom. The molecule has 9 heteroatoms. The van der Waals surface area contributed by atoms with Crippen LogP contribution in [0, 0.1) is 0 Å². The van der Waals surface area contributed by atoms with Crippen molar-refractivity contribution < 1.29 is 8.42 Å². The molecule has 1 rings (SSSR count). The Kier molecular flexibility index (Phi) is 5.45. The number of hydrogen-bond donors (Lipinski definition) is 2. The van der Waals surface area contributed by atoms with Crippen LogP contribution in [0.25, 0.3) is 0 Å². The third-order valence-electron chi connectivity index (χ3n) is 2.51. The van der Waals surface area contributed by atoms with Gasteiger partial charge in [-0.05, 0) is 33.9 Å². The first-order chi connectivity index (χ1) is 8.33. The second-order valence-corrected chi connectivity index (χ2v) is 7.18. The van der Waals surface area contributed by atoms with E-state index in [2.05, 4.69) is 33.7 Å². The molecule has 0 aliphatic heterocycles. The summed E-state index contributed by atoms with van der Waals surface area (Å²) in [5.74, 6) is 0. The summed E-state index contributed by atoms with van der Waals surface area (Å²) in [6.07, 6.45) is 0.738. The molecule has 0 unspecified atom stereocenters. The summed E-state index contributed by atoms with van der Waals surface area (Å²) in [7, 11) is -1.56. The molecule has 18 heavy (non-hydrogen) atoms. The number of anilines is 1. The summed E-state index contributed by atoms with van der Waals surface area (Å²) in [5.41, 5.74) is 5.35. The number of rotatable bonds is 7. The number of nitrogens with zero attached hydrogens (tertiary/aromatic N) is 3. The molecule has 0 bridgehead atoms. The third kappa shape index (κ3) is 4.48. The maximum Gasteiger partial charge on any atom is 0.269 e. The van der Waals surface area contributed by atoms with Crippen LogP contribution < -0.4 is 10.5 Å². The quantitative estimate of drug-likeness (QED) is 0.693. The van der Waals surface area contributed by atoms with E-state index < -0.39 is 10.0 Å². The van der Waals surface area contributed by atoms with Crippen LogP contribution in [0.2, 0.25) is 0 Å². The van der Waals surface area contributed by atoms with Crippen LogP contribution in [0.3, 0.4) is 0 Å². The number of hydrogen-bond acceptors (Lipinski definition) is 7. The van der Waals surface area contributed by atoms with Gasteiger partial charge in [-0.15, -0.1) is 10.2 Å². The summed E-state index contributed by atoms with van der Waals surface area (Å²) in [6.45, 7) is 5.39. The fourth-order valence-corrected chi connectivity index (χ4v) is 3.08. The molecular formula is C9H19N5O2S2. The lowest BCUT2D eigenvalue weighted by atomic mass is 10.3. The van der Waals surface area contributed by atoms with Crippen LogP contribution >= 0.6 is 11.3 Å². The molecule has 0 radical (unpaired) electrons. The standard InChI is InChI=1S/C9H19N5O2S2/c1-7(2)14(3)6-4-5-11-18(15,16)9-13-12-8(10)17-9/h7,11H,4-6H2,1-3H3,(H2,10,12). The zero-order chi connectivity index (χ0) is 13.8. The predicted molar refractivity (Wildman–Crippen MR) is 71.9 cm³/mol. The van der Waals surface area contributed by atoms with E-state index in [9.17, 15) is 8.42 Å². The molecule has 0 aliphatic carbocycles. The summed E-state index contributed by atoms with van der Waals surface area (Å²) in [5, 5.41) is 7.14. The molecule has 0 saturated carbocycles. The van der Waals surface area contributed by atoms with Crippen molar-refractivity contribution in [3.63, 3.8) is 0 Å². The van der Waals surface area contributed by atoms with Gasteiger partial charge in [0.2, 0.25) is 9.47 Å². The lowest BCUT2D eigenvalue weighted by Gasteiger charge is -2.20. The minimum Gasteiger partial charge on any atom is -0.374 e. The van der Waals surface area contributed by atoms with Crippen molar-refractivity contribution in [2.45, 2.75) is 30.6 Å². The van der Waals surface area contributed by atoms with Crippen LogP contribution in [-0.4, -0.2) is 49.7 Å². The number of nitrogen functional groups attached to an aromatic ring is 1. The van der Waals surface area contributed by atoms with Gasteiger partial charge in [-0.3, -0.25) is 0 Å². The first-order valence-electron chi connectivity index (χ1n) is 5.62. The Bertz CT molecular complexity index is 471. The summed E-state index contributed by atoms with van der Waals surface area (Å²) in [6, 6.07) is 0.449. The normalized spacial score (nSPS) is 12.5. The summed E-state index contributed by atoms with van der Waals surface area (Å²) in [4.78, 5) is 2.15. The first-order valence-corrected chi connectivity index (χ1v) is 7.92. The average Bonchev–Trinajstić information content (AvgIpc) is 2.71. The molecule has 0 atom stereocenters. The maximum absolute atomic E-state index is 11.8. The van der Waals surface area contributed by atoms with Gasteiger partial charge < -0.3 is 10.6 Å².